The molecule has 4 saturated carbocycles. The van der Waals surface area contributed by atoms with E-state index < -0.39 is 5.97 Å². The number of aromatic carboxylic acids is 1. The van der Waals surface area contributed by atoms with Crippen LogP contribution in [0.2, 0.25) is 0 Å². The molecule has 4 aliphatic rings. The van der Waals surface area contributed by atoms with Crippen molar-refractivity contribution in [3.8, 4) is 16.2 Å². The monoisotopic (exact) mass is 404 g/mol. The Bertz CT molecular complexity index is 1110. The molecule has 29 heavy (non-hydrogen) atoms. The zero-order valence-electron chi connectivity index (χ0n) is 16.2. The van der Waals surface area contributed by atoms with Crippen LogP contribution in [0.1, 0.15) is 54.4 Å². The summed E-state index contributed by atoms with van der Waals surface area (Å²) in [4.78, 5) is 12.3. The summed E-state index contributed by atoms with van der Waals surface area (Å²) in [6, 6.07) is 12.0. The zero-order chi connectivity index (χ0) is 19.8. The molecule has 0 saturated heterocycles. The summed E-state index contributed by atoms with van der Waals surface area (Å²) < 4.78 is 0. The van der Waals surface area contributed by atoms with Crippen molar-refractivity contribution >= 4 is 28.1 Å². The second-order valence-corrected chi connectivity index (χ2v) is 10.5. The number of phenols is 1. The van der Waals surface area contributed by atoms with E-state index in [4.69, 9.17) is 0 Å². The lowest BCUT2D eigenvalue weighted by Gasteiger charge is -2.57. The van der Waals surface area contributed by atoms with E-state index in [9.17, 15) is 15.0 Å². The predicted octanol–water partition coefficient (Wildman–Crippen LogP) is 6.44. The fourth-order valence-electron chi connectivity index (χ4n) is 6.98. The molecule has 4 aliphatic carbocycles. The van der Waals surface area contributed by atoms with Gasteiger partial charge < -0.3 is 10.2 Å². The van der Waals surface area contributed by atoms with Gasteiger partial charge in [-0.3, -0.25) is 0 Å². The molecule has 4 fully saturated rings. The highest BCUT2D eigenvalue weighted by atomic mass is 32.1. The van der Waals surface area contributed by atoms with Crippen LogP contribution < -0.4 is 0 Å². The summed E-state index contributed by atoms with van der Waals surface area (Å²) in [5.74, 6) is 2.01. The van der Waals surface area contributed by atoms with Gasteiger partial charge >= 0.3 is 5.97 Å². The number of hydrogen-bond acceptors (Lipinski definition) is 3. The van der Waals surface area contributed by atoms with Crippen LogP contribution in [0.3, 0.4) is 0 Å². The van der Waals surface area contributed by atoms with E-state index in [0.29, 0.717) is 11.3 Å². The smallest absolute Gasteiger partial charge is 0.336 e. The first-order valence-corrected chi connectivity index (χ1v) is 11.5. The highest BCUT2D eigenvalue weighted by Crippen LogP contribution is 2.62. The Morgan fingerprint density at radius 1 is 1.00 bits per heavy atom. The van der Waals surface area contributed by atoms with E-state index in [1.54, 1.807) is 11.4 Å². The third-order valence-corrected chi connectivity index (χ3v) is 8.68. The van der Waals surface area contributed by atoms with Crippen LogP contribution in [0, 0.1) is 17.8 Å². The number of carbonyl (C=O) groups is 1. The third kappa shape index (κ3) is 2.65. The summed E-state index contributed by atoms with van der Waals surface area (Å²) in [7, 11) is 0. The van der Waals surface area contributed by atoms with Crippen LogP contribution in [-0.4, -0.2) is 16.2 Å². The molecule has 0 spiro atoms. The van der Waals surface area contributed by atoms with Gasteiger partial charge in [0.05, 0.1) is 5.56 Å². The molecule has 1 heterocycles. The van der Waals surface area contributed by atoms with Crippen LogP contribution in [0.25, 0.3) is 21.2 Å². The van der Waals surface area contributed by atoms with Gasteiger partial charge in [0.15, 0.2) is 0 Å². The average Bonchev–Trinajstić information content (AvgIpc) is 3.16. The number of thiophene rings is 1. The van der Waals surface area contributed by atoms with Crippen molar-refractivity contribution in [1.82, 2.24) is 0 Å². The fraction of sp³-hybridized carbons (Fsp3) is 0.400. The van der Waals surface area contributed by atoms with E-state index in [-0.39, 0.29) is 5.41 Å². The average molecular weight is 405 g/mol. The SMILES string of the molecule is O=C(O)c1csc(-c2cccc3cc(O)c(C45CC6CC(CC(C6)C4)C5)cc23)c1. The van der Waals surface area contributed by atoms with Crippen molar-refractivity contribution in [3.05, 3.63) is 52.9 Å². The number of rotatable bonds is 3. The maximum atomic E-state index is 11.3. The number of carboxylic acids is 1. The predicted molar refractivity (Wildman–Crippen MR) is 116 cm³/mol. The molecule has 0 amide bonds. The Labute approximate surface area is 174 Å². The Morgan fingerprint density at radius 2 is 1.69 bits per heavy atom. The molecular weight excluding hydrogens is 380 g/mol. The zero-order valence-corrected chi connectivity index (χ0v) is 17.0. The molecule has 3 nitrogen and oxygen atoms in total. The van der Waals surface area contributed by atoms with Gasteiger partial charge in [-0.05, 0) is 96.2 Å². The van der Waals surface area contributed by atoms with Crippen molar-refractivity contribution in [3.63, 3.8) is 0 Å². The Hall–Kier alpha value is -2.33. The highest BCUT2D eigenvalue weighted by molar-refractivity contribution is 7.14. The Morgan fingerprint density at radius 3 is 2.31 bits per heavy atom. The molecule has 3 aromatic rings. The largest absolute Gasteiger partial charge is 0.508 e. The van der Waals surface area contributed by atoms with Crippen LogP contribution in [-0.2, 0) is 5.41 Å². The first-order chi connectivity index (χ1) is 14.0. The lowest BCUT2D eigenvalue weighted by Crippen LogP contribution is -2.48. The van der Waals surface area contributed by atoms with Gasteiger partial charge in [-0.15, -0.1) is 11.3 Å². The standard InChI is InChI=1S/C25H24O3S/c26-22-7-17-2-1-3-19(23-8-18(13-29-23)24(27)28)20(17)9-21(22)25-10-14-4-15(11-25)6-16(5-14)12-25/h1-3,7-9,13-16,26H,4-6,10-12H2,(H,27,28). The minimum atomic E-state index is -0.889. The molecule has 0 unspecified atom stereocenters. The van der Waals surface area contributed by atoms with Gasteiger partial charge in [0, 0.05) is 15.8 Å². The van der Waals surface area contributed by atoms with E-state index >= 15 is 0 Å². The molecule has 1 aromatic heterocycles. The lowest BCUT2D eigenvalue weighted by atomic mass is 9.48. The van der Waals surface area contributed by atoms with E-state index in [1.807, 2.05) is 18.2 Å². The van der Waals surface area contributed by atoms with Crippen molar-refractivity contribution in [2.24, 2.45) is 17.8 Å². The van der Waals surface area contributed by atoms with Crippen LogP contribution in [0.5, 0.6) is 5.75 Å². The number of benzene rings is 2. The first kappa shape index (κ1) is 17.5. The molecule has 4 bridgehead atoms. The molecule has 2 aromatic carbocycles. The van der Waals surface area contributed by atoms with Gasteiger partial charge in [-0.2, -0.15) is 0 Å². The quantitative estimate of drug-likeness (QED) is 0.528. The lowest BCUT2D eigenvalue weighted by molar-refractivity contribution is -0.00606. The number of hydrogen-bond donors (Lipinski definition) is 2. The van der Waals surface area contributed by atoms with Gasteiger partial charge in [-0.25, -0.2) is 4.79 Å². The maximum Gasteiger partial charge on any atom is 0.336 e. The minimum Gasteiger partial charge on any atom is -0.508 e. The molecule has 2 N–H and O–H groups in total. The van der Waals surface area contributed by atoms with E-state index in [1.165, 1.54) is 49.9 Å². The normalized spacial score (nSPS) is 30.1. The third-order valence-electron chi connectivity index (χ3n) is 7.72. The van der Waals surface area contributed by atoms with E-state index in [0.717, 1.165) is 44.5 Å². The van der Waals surface area contributed by atoms with Crippen molar-refractivity contribution in [2.45, 2.75) is 43.9 Å². The summed E-state index contributed by atoms with van der Waals surface area (Å²) in [5, 5.41) is 24.2. The van der Waals surface area contributed by atoms with Gasteiger partial charge in [-0.1, -0.05) is 18.2 Å². The van der Waals surface area contributed by atoms with Crippen molar-refractivity contribution < 1.29 is 15.0 Å². The Balaban J connectivity index is 1.52. The first-order valence-electron chi connectivity index (χ1n) is 10.6. The number of aromatic hydroxyl groups is 1. The summed E-state index contributed by atoms with van der Waals surface area (Å²) in [5.41, 5.74) is 2.65. The second-order valence-electron chi connectivity index (χ2n) is 9.60. The summed E-state index contributed by atoms with van der Waals surface area (Å²) in [6.07, 6.45) is 7.78. The van der Waals surface area contributed by atoms with Crippen LogP contribution in [0.4, 0.5) is 0 Å². The molecule has 0 atom stereocenters. The van der Waals surface area contributed by atoms with Gasteiger partial charge in [0.1, 0.15) is 5.75 Å². The number of phenolic OH excluding ortho intramolecular Hbond substituents is 1. The van der Waals surface area contributed by atoms with Crippen LogP contribution in [0.15, 0.2) is 41.8 Å². The Kier molecular flexibility index (Phi) is 3.68. The molecular formula is C25H24O3S. The van der Waals surface area contributed by atoms with Crippen molar-refractivity contribution in [1.29, 1.82) is 0 Å². The number of fused-ring (bicyclic) bond motifs is 1. The van der Waals surface area contributed by atoms with Crippen LogP contribution >= 0.6 is 11.3 Å². The minimum absolute atomic E-state index is 0.127. The second kappa shape index (κ2) is 6.09. The van der Waals surface area contributed by atoms with E-state index in [2.05, 4.69) is 12.1 Å². The molecule has 0 radical (unpaired) electrons. The van der Waals surface area contributed by atoms with Crippen molar-refractivity contribution in [2.75, 3.05) is 0 Å². The molecule has 148 valence electrons. The summed E-state index contributed by atoms with van der Waals surface area (Å²) in [6.45, 7) is 0. The van der Waals surface area contributed by atoms with Gasteiger partial charge in [0.2, 0.25) is 0 Å². The molecule has 4 heteroatoms. The highest BCUT2D eigenvalue weighted by Gasteiger charge is 2.52. The fourth-order valence-corrected chi connectivity index (χ4v) is 7.91. The van der Waals surface area contributed by atoms with Gasteiger partial charge in [0.25, 0.3) is 0 Å². The maximum absolute atomic E-state index is 11.3. The molecule has 0 aliphatic heterocycles. The molecule has 7 rings (SSSR count). The number of carboxylic acid groups (broad SMARTS) is 1. The summed E-state index contributed by atoms with van der Waals surface area (Å²) >= 11 is 1.47. The topological polar surface area (TPSA) is 57.5 Å².